The van der Waals surface area contributed by atoms with E-state index >= 15 is 0 Å². The highest BCUT2D eigenvalue weighted by Gasteiger charge is 2.10. The second-order valence-electron chi connectivity index (χ2n) is 4.04. The Morgan fingerprint density at radius 1 is 1.17 bits per heavy atom. The van der Waals surface area contributed by atoms with Gasteiger partial charge in [0.05, 0.1) is 0 Å². The lowest BCUT2D eigenvalue weighted by molar-refractivity contribution is 0.778. The van der Waals surface area contributed by atoms with Gasteiger partial charge in [-0.1, -0.05) is 31.5 Å². The summed E-state index contributed by atoms with van der Waals surface area (Å²) in [5.74, 6) is 0.927. The van der Waals surface area contributed by atoms with Gasteiger partial charge in [-0.05, 0) is 34.5 Å². The van der Waals surface area contributed by atoms with Gasteiger partial charge in [-0.3, -0.25) is 0 Å². The Labute approximate surface area is 116 Å². The van der Waals surface area contributed by atoms with Gasteiger partial charge in [0.15, 0.2) is 0 Å². The van der Waals surface area contributed by atoms with Crippen LogP contribution in [-0.2, 0) is 0 Å². The van der Waals surface area contributed by atoms with Crippen LogP contribution in [0.3, 0.4) is 0 Å². The summed E-state index contributed by atoms with van der Waals surface area (Å²) in [6, 6.07) is 12.3. The molecule has 0 aliphatic carbocycles. The van der Waals surface area contributed by atoms with Crippen molar-refractivity contribution in [2.75, 3.05) is 11.4 Å². The summed E-state index contributed by atoms with van der Waals surface area (Å²) in [4.78, 5) is 10.6. The number of unbranched alkanes of at least 4 members (excludes halogenated alkanes) is 1. The van der Waals surface area contributed by atoms with Gasteiger partial charge in [0.2, 0.25) is 0 Å². The predicted molar refractivity (Wildman–Crippen MR) is 78.1 cm³/mol. The van der Waals surface area contributed by atoms with E-state index in [9.17, 15) is 0 Å². The number of benzene rings is 1. The standard InChI is InChI=1S/C14H16BrN3/c1-2-3-9-18(12-7-5-4-6-8-12)14-10-13(15)16-11-17-14/h4-8,10-11H,2-3,9H2,1H3. The summed E-state index contributed by atoms with van der Waals surface area (Å²) in [7, 11) is 0. The molecule has 18 heavy (non-hydrogen) atoms. The van der Waals surface area contributed by atoms with Crippen molar-refractivity contribution in [1.29, 1.82) is 0 Å². The lowest BCUT2D eigenvalue weighted by Crippen LogP contribution is -2.19. The minimum absolute atomic E-state index is 0.810. The molecule has 2 rings (SSSR count). The van der Waals surface area contributed by atoms with E-state index < -0.39 is 0 Å². The zero-order valence-electron chi connectivity index (χ0n) is 10.4. The minimum atomic E-state index is 0.810. The molecule has 0 atom stereocenters. The third-order valence-electron chi connectivity index (χ3n) is 2.70. The molecule has 0 radical (unpaired) electrons. The Hall–Kier alpha value is -1.42. The van der Waals surface area contributed by atoms with Crippen LogP contribution in [0.15, 0.2) is 47.3 Å². The smallest absolute Gasteiger partial charge is 0.137 e. The van der Waals surface area contributed by atoms with Crippen LogP contribution in [0.4, 0.5) is 11.5 Å². The van der Waals surface area contributed by atoms with E-state index in [1.165, 1.54) is 0 Å². The molecule has 0 saturated carbocycles. The maximum absolute atomic E-state index is 4.35. The van der Waals surface area contributed by atoms with Gasteiger partial charge in [-0.15, -0.1) is 0 Å². The number of para-hydroxylation sites is 1. The molecule has 2 aromatic rings. The fourth-order valence-corrected chi connectivity index (χ4v) is 2.07. The Bertz CT molecular complexity index is 487. The number of halogens is 1. The quantitative estimate of drug-likeness (QED) is 0.776. The molecule has 1 aromatic carbocycles. The third kappa shape index (κ3) is 3.29. The summed E-state index contributed by atoms with van der Waals surface area (Å²) < 4.78 is 0.810. The van der Waals surface area contributed by atoms with Crippen molar-refractivity contribution >= 4 is 27.4 Å². The van der Waals surface area contributed by atoms with Crippen molar-refractivity contribution in [3.8, 4) is 0 Å². The van der Waals surface area contributed by atoms with E-state index in [2.05, 4.69) is 49.9 Å². The fraction of sp³-hybridized carbons (Fsp3) is 0.286. The van der Waals surface area contributed by atoms with Crippen molar-refractivity contribution in [1.82, 2.24) is 9.97 Å². The first-order valence-electron chi connectivity index (χ1n) is 6.11. The molecule has 0 bridgehead atoms. The average molecular weight is 306 g/mol. The first kappa shape index (κ1) is 13.0. The van der Waals surface area contributed by atoms with E-state index in [1.807, 2.05) is 24.3 Å². The first-order valence-corrected chi connectivity index (χ1v) is 6.90. The molecule has 0 fully saturated rings. The van der Waals surface area contributed by atoms with Gasteiger partial charge in [0, 0.05) is 18.3 Å². The second kappa shape index (κ2) is 6.50. The number of anilines is 2. The van der Waals surface area contributed by atoms with Crippen LogP contribution in [0.1, 0.15) is 19.8 Å². The molecule has 0 amide bonds. The molecular weight excluding hydrogens is 290 g/mol. The number of hydrogen-bond acceptors (Lipinski definition) is 3. The minimum Gasteiger partial charge on any atom is -0.326 e. The molecule has 0 aliphatic rings. The monoisotopic (exact) mass is 305 g/mol. The van der Waals surface area contributed by atoms with Gasteiger partial charge in [0.25, 0.3) is 0 Å². The van der Waals surface area contributed by atoms with E-state index in [-0.39, 0.29) is 0 Å². The van der Waals surface area contributed by atoms with Crippen molar-refractivity contribution < 1.29 is 0 Å². The predicted octanol–water partition coefficient (Wildman–Crippen LogP) is 4.18. The largest absolute Gasteiger partial charge is 0.326 e. The highest BCUT2D eigenvalue weighted by molar-refractivity contribution is 9.10. The molecule has 94 valence electrons. The van der Waals surface area contributed by atoms with Crippen LogP contribution in [0.5, 0.6) is 0 Å². The van der Waals surface area contributed by atoms with Crippen molar-refractivity contribution in [2.24, 2.45) is 0 Å². The molecule has 0 saturated heterocycles. The molecule has 0 unspecified atom stereocenters. The van der Waals surface area contributed by atoms with Gasteiger partial charge in [0.1, 0.15) is 16.7 Å². The van der Waals surface area contributed by atoms with Crippen molar-refractivity contribution in [3.05, 3.63) is 47.3 Å². The Morgan fingerprint density at radius 2 is 1.94 bits per heavy atom. The maximum Gasteiger partial charge on any atom is 0.137 e. The van der Waals surface area contributed by atoms with Crippen LogP contribution in [0.25, 0.3) is 0 Å². The van der Waals surface area contributed by atoms with E-state index in [4.69, 9.17) is 0 Å². The van der Waals surface area contributed by atoms with Gasteiger partial charge >= 0.3 is 0 Å². The topological polar surface area (TPSA) is 29.0 Å². The Balaban J connectivity index is 2.31. The number of nitrogens with zero attached hydrogens (tertiary/aromatic N) is 3. The third-order valence-corrected chi connectivity index (χ3v) is 3.13. The highest BCUT2D eigenvalue weighted by atomic mass is 79.9. The summed E-state index contributed by atoms with van der Waals surface area (Å²) in [6.07, 6.45) is 3.88. The van der Waals surface area contributed by atoms with Crippen LogP contribution in [0, 0.1) is 0 Å². The van der Waals surface area contributed by atoms with E-state index in [0.29, 0.717) is 0 Å². The number of hydrogen-bond donors (Lipinski definition) is 0. The molecule has 1 heterocycles. The maximum atomic E-state index is 4.35. The molecule has 4 heteroatoms. The first-order chi connectivity index (χ1) is 8.81. The lowest BCUT2D eigenvalue weighted by Gasteiger charge is -2.23. The van der Waals surface area contributed by atoms with Gasteiger partial charge in [-0.2, -0.15) is 0 Å². The van der Waals surface area contributed by atoms with Crippen molar-refractivity contribution in [2.45, 2.75) is 19.8 Å². The lowest BCUT2D eigenvalue weighted by atomic mass is 10.2. The van der Waals surface area contributed by atoms with Crippen LogP contribution in [0.2, 0.25) is 0 Å². The van der Waals surface area contributed by atoms with Crippen LogP contribution >= 0.6 is 15.9 Å². The number of rotatable bonds is 5. The Kier molecular flexibility index (Phi) is 4.70. The normalized spacial score (nSPS) is 10.3. The SMILES string of the molecule is CCCCN(c1ccccc1)c1cc(Br)ncn1. The molecular formula is C14H16BrN3. The van der Waals surface area contributed by atoms with E-state index in [1.54, 1.807) is 6.33 Å². The second-order valence-corrected chi connectivity index (χ2v) is 4.85. The van der Waals surface area contributed by atoms with Gasteiger partial charge in [-0.25, -0.2) is 9.97 Å². The van der Waals surface area contributed by atoms with Crippen molar-refractivity contribution in [3.63, 3.8) is 0 Å². The Morgan fingerprint density at radius 3 is 2.61 bits per heavy atom. The van der Waals surface area contributed by atoms with Crippen LogP contribution < -0.4 is 4.90 Å². The molecule has 3 nitrogen and oxygen atoms in total. The molecule has 0 aliphatic heterocycles. The molecule has 1 aromatic heterocycles. The summed E-state index contributed by atoms with van der Waals surface area (Å²) in [5, 5.41) is 0. The summed E-state index contributed by atoms with van der Waals surface area (Å²) in [5.41, 5.74) is 1.16. The zero-order chi connectivity index (χ0) is 12.8. The summed E-state index contributed by atoms with van der Waals surface area (Å²) >= 11 is 3.39. The van der Waals surface area contributed by atoms with Gasteiger partial charge < -0.3 is 4.90 Å². The zero-order valence-corrected chi connectivity index (χ0v) is 12.0. The highest BCUT2D eigenvalue weighted by Crippen LogP contribution is 2.24. The summed E-state index contributed by atoms with van der Waals surface area (Å²) in [6.45, 7) is 3.16. The average Bonchev–Trinajstić information content (AvgIpc) is 2.40. The molecule has 0 spiro atoms. The van der Waals surface area contributed by atoms with E-state index in [0.717, 1.165) is 35.5 Å². The number of aromatic nitrogens is 2. The molecule has 0 N–H and O–H groups in total. The fourth-order valence-electron chi connectivity index (χ4n) is 1.77. The van der Waals surface area contributed by atoms with Crippen LogP contribution in [-0.4, -0.2) is 16.5 Å².